The molecule has 0 atom stereocenters. The van der Waals surface area contributed by atoms with Crippen LogP contribution < -0.4 is 14.4 Å². The van der Waals surface area contributed by atoms with Crippen molar-refractivity contribution in [1.29, 1.82) is 0 Å². The number of rotatable bonds is 5. The molecule has 2 aromatic heterocycles. The fourth-order valence-corrected chi connectivity index (χ4v) is 4.02. The summed E-state index contributed by atoms with van der Waals surface area (Å²) in [6.07, 6.45) is 1.56. The molecule has 4 aromatic rings. The number of anilines is 1. The number of fused-ring (bicyclic) bond motifs is 1. The molecule has 0 bridgehead atoms. The minimum atomic E-state index is -0.346. The molecule has 31 heavy (non-hydrogen) atoms. The highest BCUT2D eigenvalue weighted by Gasteiger charge is 2.23. The summed E-state index contributed by atoms with van der Waals surface area (Å²) in [4.78, 5) is 17.0. The number of halogens is 2. The first-order valence-corrected chi connectivity index (χ1v) is 10.4. The number of pyridine rings is 1. The van der Waals surface area contributed by atoms with Gasteiger partial charge in [0, 0.05) is 47.8 Å². The molecule has 158 valence electrons. The van der Waals surface area contributed by atoms with Crippen molar-refractivity contribution in [2.75, 3.05) is 18.4 Å². The van der Waals surface area contributed by atoms with E-state index in [1.54, 1.807) is 36.7 Å². The molecule has 1 amide bonds. The number of benzene rings is 2. The summed E-state index contributed by atoms with van der Waals surface area (Å²) in [7, 11) is 3.36. The quantitative estimate of drug-likeness (QED) is 0.336. The molecule has 0 radical (unpaired) electrons. The van der Waals surface area contributed by atoms with E-state index >= 15 is 0 Å². The van der Waals surface area contributed by atoms with Gasteiger partial charge in [-0.3, -0.25) is 4.79 Å². The maximum atomic E-state index is 13.1. The molecule has 2 aromatic carbocycles. The maximum absolute atomic E-state index is 13.1. The van der Waals surface area contributed by atoms with Crippen LogP contribution in [0.5, 0.6) is 11.6 Å². The highest BCUT2D eigenvalue weighted by Crippen LogP contribution is 2.39. The Morgan fingerprint density at radius 3 is 2.58 bits per heavy atom. The highest BCUT2D eigenvalue weighted by atomic mass is 79.9. The van der Waals surface area contributed by atoms with E-state index in [4.69, 9.17) is 9.15 Å². The van der Waals surface area contributed by atoms with Crippen molar-refractivity contribution in [2.45, 2.75) is 0 Å². The molecule has 4 rings (SSSR count). The highest BCUT2D eigenvalue weighted by molar-refractivity contribution is 9.10. The van der Waals surface area contributed by atoms with Crippen LogP contribution in [0.3, 0.4) is 0 Å². The van der Waals surface area contributed by atoms with Gasteiger partial charge in [-0.05, 0) is 52.3 Å². The summed E-state index contributed by atoms with van der Waals surface area (Å²) >= 11 is 7.86. The number of hydrogen-bond donors (Lipinski definition) is 2. The van der Waals surface area contributed by atoms with Crippen molar-refractivity contribution in [3.8, 4) is 23.0 Å². The van der Waals surface area contributed by atoms with Crippen LogP contribution in [0.4, 0.5) is 10.1 Å². The van der Waals surface area contributed by atoms with Crippen LogP contribution in [0.2, 0.25) is 0 Å². The lowest BCUT2D eigenvalue weighted by Crippen LogP contribution is -2.18. The predicted octanol–water partition coefficient (Wildman–Crippen LogP) is 5.83. The van der Waals surface area contributed by atoms with Crippen LogP contribution in [0, 0.1) is 5.82 Å². The molecular formula is C22H17BrFN3O3S. The second-order valence-electron chi connectivity index (χ2n) is 6.65. The molecule has 0 aliphatic heterocycles. The van der Waals surface area contributed by atoms with E-state index in [1.165, 1.54) is 24.3 Å². The lowest BCUT2D eigenvalue weighted by Gasteiger charge is -2.12. The monoisotopic (exact) mass is 501 g/mol. The van der Waals surface area contributed by atoms with Gasteiger partial charge in [-0.25, -0.2) is 9.37 Å². The largest absolute Gasteiger partial charge is 0.455 e. The third kappa shape index (κ3) is 4.24. The number of hydrogen-bond acceptors (Lipinski definition) is 6. The van der Waals surface area contributed by atoms with Crippen molar-refractivity contribution in [3.63, 3.8) is 0 Å². The molecule has 0 saturated heterocycles. The SMILES string of the molecule is CNC(=O)c1c(-c2ccc(Oc3ccc(F)cc3)nc2)oc2cc(N(C)S)c(Br)cc12. The number of ether oxygens (including phenoxy) is 1. The van der Waals surface area contributed by atoms with Gasteiger partial charge < -0.3 is 18.8 Å². The van der Waals surface area contributed by atoms with Gasteiger partial charge >= 0.3 is 0 Å². The van der Waals surface area contributed by atoms with Crippen LogP contribution in [-0.2, 0) is 0 Å². The van der Waals surface area contributed by atoms with Gasteiger partial charge in [-0.2, -0.15) is 0 Å². The van der Waals surface area contributed by atoms with E-state index in [9.17, 15) is 9.18 Å². The van der Waals surface area contributed by atoms with Crippen molar-refractivity contribution in [2.24, 2.45) is 0 Å². The van der Waals surface area contributed by atoms with E-state index in [-0.39, 0.29) is 11.7 Å². The van der Waals surface area contributed by atoms with Crippen LogP contribution in [0.1, 0.15) is 10.4 Å². The second kappa shape index (κ2) is 8.60. The topological polar surface area (TPSA) is 67.6 Å². The van der Waals surface area contributed by atoms with Gasteiger partial charge in [0.2, 0.25) is 5.88 Å². The van der Waals surface area contributed by atoms with Gasteiger partial charge in [0.1, 0.15) is 22.9 Å². The Kier molecular flexibility index (Phi) is 5.88. The molecule has 0 aliphatic carbocycles. The van der Waals surface area contributed by atoms with Gasteiger partial charge in [0.25, 0.3) is 5.91 Å². The molecule has 6 nitrogen and oxygen atoms in total. The van der Waals surface area contributed by atoms with Crippen molar-refractivity contribution < 1.29 is 18.3 Å². The number of furan rings is 1. The average Bonchev–Trinajstić information content (AvgIpc) is 3.13. The summed E-state index contributed by atoms with van der Waals surface area (Å²) in [6, 6.07) is 12.7. The van der Waals surface area contributed by atoms with Crippen LogP contribution in [0.15, 0.2) is 63.6 Å². The Hall–Kier alpha value is -3.04. The number of carbonyl (C=O) groups excluding carboxylic acids is 1. The maximum Gasteiger partial charge on any atom is 0.255 e. The Morgan fingerprint density at radius 2 is 1.97 bits per heavy atom. The van der Waals surface area contributed by atoms with E-state index in [1.807, 2.05) is 12.1 Å². The number of amides is 1. The summed E-state index contributed by atoms with van der Waals surface area (Å²) < 4.78 is 27.2. The van der Waals surface area contributed by atoms with Gasteiger partial charge in [-0.15, -0.1) is 0 Å². The Balaban J connectivity index is 1.75. The number of thiol groups is 1. The van der Waals surface area contributed by atoms with E-state index in [0.29, 0.717) is 39.5 Å². The number of nitrogens with one attached hydrogen (secondary N) is 1. The molecule has 2 heterocycles. The minimum absolute atomic E-state index is 0.278. The summed E-state index contributed by atoms with van der Waals surface area (Å²) in [5.41, 5.74) is 2.35. The molecule has 0 unspecified atom stereocenters. The first kappa shape index (κ1) is 21.2. The Morgan fingerprint density at radius 1 is 1.23 bits per heavy atom. The molecular weight excluding hydrogens is 485 g/mol. The zero-order valence-electron chi connectivity index (χ0n) is 16.5. The summed E-state index contributed by atoms with van der Waals surface area (Å²) in [5, 5.41) is 3.32. The Labute approximate surface area is 191 Å². The molecule has 0 saturated carbocycles. The molecule has 0 spiro atoms. The summed E-state index contributed by atoms with van der Waals surface area (Å²) in [5.74, 6) is 0.556. The normalized spacial score (nSPS) is 10.9. The third-order valence-corrected chi connectivity index (χ3v) is 5.45. The lowest BCUT2D eigenvalue weighted by molar-refractivity contribution is 0.0964. The first-order chi connectivity index (χ1) is 14.9. The Bertz CT molecular complexity index is 1260. The third-order valence-electron chi connectivity index (χ3n) is 4.59. The fourth-order valence-electron chi connectivity index (χ4n) is 3.11. The van der Waals surface area contributed by atoms with E-state index < -0.39 is 0 Å². The second-order valence-corrected chi connectivity index (χ2v) is 8.10. The zero-order valence-corrected chi connectivity index (χ0v) is 19.0. The van der Waals surface area contributed by atoms with E-state index in [0.717, 1.165) is 10.2 Å². The van der Waals surface area contributed by atoms with Gasteiger partial charge in [-0.1, -0.05) is 12.8 Å². The lowest BCUT2D eigenvalue weighted by atomic mass is 10.1. The molecule has 0 fully saturated rings. The number of carbonyl (C=O) groups is 1. The van der Waals surface area contributed by atoms with Crippen molar-refractivity contribution in [3.05, 3.63) is 70.6 Å². The van der Waals surface area contributed by atoms with Crippen LogP contribution in [-0.4, -0.2) is 25.0 Å². The van der Waals surface area contributed by atoms with Gasteiger partial charge in [0.15, 0.2) is 0 Å². The first-order valence-electron chi connectivity index (χ1n) is 9.18. The standard InChI is InChI=1S/C22H17BrFN3O3S/c1-25-22(28)20-15-9-16(23)17(27(2)31)10-18(15)30-21(20)12-3-8-19(26-11-12)29-14-6-4-13(24)5-7-14/h3-11,31H,1-2H3,(H,25,28). The smallest absolute Gasteiger partial charge is 0.255 e. The average molecular weight is 502 g/mol. The van der Waals surface area contributed by atoms with Gasteiger partial charge in [0.05, 0.1) is 11.3 Å². The molecule has 1 N–H and O–H groups in total. The van der Waals surface area contributed by atoms with Crippen LogP contribution >= 0.6 is 28.7 Å². The number of aromatic nitrogens is 1. The predicted molar refractivity (Wildman–Crippen MR) is 124 cm³/mol. The number of nitrogens with zero attached hydrogens (tertiary/aromatic N) is 2. The summed E-state index contributed by atoms with van der Waals surface area (Å²) in [6.45, 7) is 0. The minimum Gasteiger partial charge on any atom is -0.455 e. The molecule has 0 aliphatic rings. The molecule has 9 heteroatoms. The van der Waals surface area contributed by atoms with Crippen LogP contribution in [0.25, 0.3) is 22.3 Å². The fraction of sp³-hybridized carbons (Fsp3) is 0.0909. The zero-order chi connectivity index (χ0) is 22.1. The van der Waals surface area contributed by atoms with Crippen molar-refractivity contribution in [1.82, 2.24) is 10.3 Å². The van der Waals surface area contributed by atoms with E-state index in [2.05, 4.69) is 39.0 Å². The van der Waals surface area contributed by atoms with Crippen molar-refractivity contribution >= 4 is 51.3 Å².